The number of aromatic nitrogens is 4. The Bertz CT molecular complexity index is 997. The van der Waals surface area contributed by atoms with Gasteiger partial charge < -0.3 is 10.6 Å². The number of carbonyl (C=O) groups excluding carboxylic acids is 1. The highest BCUT2D eigenvalue weighted by Gasteiger charge is 2.24. The lowest BCUT2D eigenvalue weighted by molar-refractivity contribution is -0.117. The van der Waals surface area contributed by atoms with Gasteiger partial charge >= 0.3 is 0 Å². The van der Waals surface area contributed by atoms with Gasteiger partial charge in [0.25, 0.3) is 0 Å². The first kappa shape index (κ1) is 18.7. The van der Waals surface area contributed by atoms with Gasteiger partial charge in [0, 0.05) is 31.4 Å². The molecule has 1 saturated heterocycles. The van der Waals surface area contributed by atoms with Crippen molar-refractivity contribution in [1.29, 1.82) is 0 Å². The molecule has 3 aromatic rings. The summed E-state index contributed by atoms with van der Waals surface area (Å²) in [6.45, 7) is 2.55. The summed E-state index contributed by atoms with van der Waals surface area (Å²) in [6.07, 6.45) is 6.04. The number of hydrogen-bond donors (Lipinski definition) is 2. The minimum absolute atomic E-state index is 0.0340. The molecule has 0 aliphatic carbocycles. The number of anilines is 4. The van der Waals surface area contributed by atoms with Crippen molar-refractivity contribution in [1.82, 2.24) is 19.9 Å². The van der Waals surface area contributed by atoms with Crippen molar-refractivity contribution in [3.63, 3.8) is 0 Å². The summed E-state index contributed by atoms with van der Waals surface area (Å²) in [5.74, 6) is 1.63. The van der Waals surface area contributed by atoms with E-state index in [9.17, 15) is 9.18 Å². The summed E-state index contributed by atoms with van der Waals surface area (Å²) >= 11 is 0. The molecule has 0 unspecified atom stereocenters. The van der Waals surface area contributed by atoms with Crippen molar-refractivity contribution in [2.45, 2.75) is 25.8 Å². The Morgan fingerprint density at radius 3 is 2.66 bits per heavy atom. The molecule has 1 aliphatic rings. The number of nitrogens with zero attached hydrogens (tertiary/aromatic N) is 5. The zero-order chi connectivity index (χ0) is 20.2. The third-order valence-electron chi connectivity index (χ3n) is 4.60. The second-order valence-corrected chi connectivity index (χ2v) is 6.72. The van der Waals surface area contributed by atoms with Crippen LogP contribution in [0, 0.1) is 5.82 Å². The van der Waals surface area contributed by atoms with Crippen molar-refractivity contribution in [2.75, 3.05) is 22.1 Å². The van der Waals surface area contributed by atoms with Crippen LogP contribution in [-0.4, -0.2) is 32.4 Å². The van der Waals surface area contributed by atoms with Crippen molar-refractivity contribution >= 4 is 29.3 Å². The third kappa shape index (κ3) is 4.45. The number of benzene rings is 1. The average molecular weight is 393 g/mol. The van der Waals surface area contributed by atoms with Crippen molar-refractivity contribution < 1.29 is 9.18 Å². The van der Waals surface area contributed by atoms with Crippen molar-refractivity contribution in [2.24, 2.45) is 0 Å². The van der Waals surface area contributed by atoms with E-state index in [1.807, 2.05) is 6.92 Å². The highest BCUT2D eigenvalue weighted by Crippen LogP contribution is 2.26. The number of nitrogens with one attached hydrogen (secondary N) is 2. The molecule has 0 spiro atoms. The van der Waals surface area contributed by atoms with Gasteiger partial charge in [-0.25, -0.2) is 9.37 Å². The van der Waals surface area contributed by atoms with Gasteiger partial charge in [0.2, 0.25) is 11.9 Å². The molecular formula is C20H20FN7O. The maximum atomic E-state index is 13.2. The lowest BCUT2D eigenvalue weighted by Gasteiger charge is -2.19. The van der Waals surface area contributed by atoms with E-state index in [4.69, 9.17) is 0 Å². The van der Waals surface area contributed by atoms with Crippen molar-refractivity contribution in [3.8, 4) is 0 Å². The summed E-state index contributed by atoms with van der Waals surface area (Å²) < 4.78 is 13.2. The number of carbonyl (C=O) groups is 1. The van der Waals surface area contributed by atoms with Crippen LogP contribution in [0.5, 0.6) is 0 Å². The van der Waals surface area contributed by atoms with Gasteiger partial charge in [0.05, 0.1) is 12.2 Å². The fourth-order valence-electron chi connectivity index (χ4n) is 3.11. The van der Waals surface area contributed by atoms with Gasteiger partial charge in [-0.2, -0.15) is 9.97 Å². The van der Waals surface area contributed by atoms with Crippen LogP contribution in [0.4, 0.5) is 27.8 Å². The highest BCUT2D eigenvalue weighted by molar-refractivity contribution is 5.94. The molecule has 1 amide bonds. The molecule has 1 fully saturated rings. The molecule has 3 heterocycles. The molecule has 8 nitrogen and oxygen atoms in total. The Labute approximate surface area is 167 Å². The van der Waals surface area contributed by atoms with Gasteiger partial charge in [0.1, 0.15) is 23.3 Å². The van der Waals surface area contributed by atoms with Crippen LogP contribution >= 0.6 is 0 Å². The maximum absolute atomic E-state index is 13.2. The van der Waals surface area contributed by atoms with E-state index in [0.717, 1.165) is 12.0 Å². The summed E-state index contributed by atoms with van der Waals surface area (Å²) in [5, 5.41) is 6.32. The number of amides is 1. The minimum Gasteiger partial charge on any atom is -0.348 e. The summed E-state index contributed by atoms with van der Waals surface area (Å²) in [4.78, 5) is 31.1. The van der Waals surface area contributed by atoms with Crippen LogP contribution in [0.3, 0.4) is 0 Å². The quantitative estimate of drug-likeness (QED) is 0.662. The third-order valence-corrected chi connectivity index (χ3v) is 4.60. The summed E-state index contributed by atoms with van der Waals surface area (Å²) in [7, 11) is 0. The Morgan fingerprint density at radius 2 is 1.97 bits per heavy atom. The molecule has 0 saturated carbocycles. The largest absolute Gasteiger partial charge is 0.348 e. The standard InChI is InChI=1S/C20H20FN7O/c1-13(14-4-6-15(21)7-5-14)24-20-26-16(25-17-12-22-8-9-23-17)11-18(27-20)28-10-2-3-19(28)29/h4-9,11-13H,2-3,10H2,1H3,(H2,23,24,25,26,27)/t13-/m0/s1. The predicted octanol–water partition coefficient (Wildman–Crippen LogP) is 3.45. The van der Waals surface area contributed by atoms with Crippen LogP contribution in [-0.2, 0) is 4.79 Å². The van der Waals surface area contributed by atoms with Gasteiger partial charge in [0.15, 0.2) is 0 Å². The SMILES string of the molecule is C[C@H](Nc1nc(Nc2cnccn2)cc(N2CCCC2=O)n1)c1ccc(F)cc1. The first-order valence-electron chi connectivity index (χ1n) is 9.33. The van der Waals surface area contributed by atoms with Gasteiger partial charge in [-0.1, -0.05) is 12.1 Å². The van der Waals surface area contributed by atoms with Gasteiger partial charge in [-0.3, -0.25) is 14.7 Å². The average Bonchev–Trinajstić information content (AvgIpc) is 3.15. The van der Waals surface area contributed by atoms with Gasteiger partial charge in [-0.15, -0.1) is 0 Å². The molecule has 0 radical (unpaired) electrons. The van der Waals surface area contributed by atoms with E-state index < -0.39 is 0 Å². The molecule has 9 heteroatoms. The van der Waals surface area contributed by atoms with E-state index in [1.165, 1.54) is 12.1 Å². The van der Waals surface area contributed by atoms with Crippen LogP contribution < -0.4 is 15.5 Å². The lowest BCUT2D eigenvalue weighted by Crippen LogP contribution is -2.25. The van der Waals surface area contributed by atoms with E-state index >= 15 is 0 Å². The molecular weight excluding hydrogens is 373 g/mol. The Kier molecular flexibility index (Phi) is 5.28. The Morgan fingerprint density at radius 1 is 1.14 bits per heavy atom. The highest BCUT2D eigenvalue weighted by atomic mass is 19.1. The first-order valence-corrected chi connectivity index (χ1v) is 9.33. The van der Waals surface area contributed by atoms with Crippen LogP contribution in [0.2, 0.25) is 0 Å². The monoisotopic (exact) mass is 393 g/mol. The zero-order valence-electron chi connectivity index (χ0n) is 15.8. The molecule has 0 bridgehead atoms. The Balaban J connectivity index is 1.63. The van der Waals surface area contributed by atoms with E-state index in [1.54, 1.807) is 41.7 Å². The van der Waals surface area contributed by atoms with E-state index in [-0.39, 0.29) is 17.8 Å². The van der Waals surface area contributed by atoms with Crippen molar-refractivity contribution in [3.05, 3.63) is 60.3 Å². The van der Waals surface area contributed by atoms with Gasteiger partial charge in [-0.05, 0) is 31.0 Å². The van der Waals surface area contributed by atoms with E-state index in [2.05, 4.69) is 30.6 Å². The van der Waals surface area contributed by atoms with E-state index in [0.29, 0.717) is 36.4 Å². The second-order valence-electron chi connectivity index (χ2n) is 6.72. The molecule has 2 aromatic heterocycles. The molecule has 1 aromatic carbocycles. The molecule has 1 atom stereocenters. The predicted molar refractivity (Wildman–Crippen MR) is 107 cm³/mol. The number of hydrogen-bond acceptors (Lipinski definition) is 7. The number of halogens is 1. The lowest BCUT2D eigenvalue weighted by atomic mass is 10.1. The normalized spacial score (nSPS) is 14.7. The minimum atomic E-state index is -0.290. The van der Waals surface area contributed by atoms with Crippen LogP contribution in [0.25, 0.3) is 0 Å². The summed E-state index contributed by atoms with van der Waals surface area (Å²) in [6, 6.07) is 7.79. The molecule has 148 valence electrons. The topological polar surface area (TPSA) is 95.9 Å². The summed E-state index contributed by atoms with van der Waals surface area (Å²) in [5.41, 5.74) is 0.890. The smallest absolute Gasteiger partial charge is 0.228 e. The maximum Gasteiger partial charge on any atom is 0.228 e. The zero-order valence-corrected chi connectivity index (χ0v) is 15.8. The van der Waals surface area contributed by atoms with Crippen LogP contribution in [0.1, 0.15) is 31.4 Å². The Hall–Kier alpha value is -3.62. The molecule has 29 heavy (non-hydrogen) atoms. The fraction of sp³-hybridized carbons (Fsp3) is 0.250. The molecule has 4 rings (SSSR count). The molecule has 2 N–H and O–H groups in total. The van der Waals surface area contributed by atoms with Crippen LogP contribution in [0.15, 0.2) is 48.9 Å². The fourth-order valence-corrected chi connectivity index (χ4v) is 3.11. The molecule has 1 aliphatic heterocycles. The second kappa shape index (κ2) is 8.17. The number of rotatable bonds is 6. The first-order chi connectivity index (χ1) is 14.1.